The second kappa shape index (κ2) is 10.9. The van der Waals surface area contributed by atoms with Crippen LogP contribution in [-0.4, -0.2) is 43.9 Å². The highest BCUT2D eigenvalue weighted by molar-refractivity contribution is 8.00. The summed E-state index contributed by atoms with van der Waals surface area (Å²) in [7, 11) is 0. The van der Waals surface area contributed by atoms with Gasteiger partial charge in [0.25, 0.3) is 0 Å². The monoisotopic (exact) mass is 493 g/mol. The Morgan fingerprint density at radius 1 is 1.09 bits per heavy atom. The van der Waals surface area contributed by atoms with E-state index in [0.717, 1.165) is 43.9 Å². The molecule has 1 aromatic heterocycles. The number of thioether (sulfide) groups is 1. The number of likely N-dealkylation sites (tertiary alicyclic amines) is 1. The van der Waals surface area contributed by atoms with Crippen molar-refractivity contribution in [1.82, 2.24) is 25.0 Å². The van der Waals surface area contributed by atoms with Crippen molar-refractivity contribution < 1.29 is 9.18 Å². The molecule has 0 radical (unpaired) electrons. The molecule has 3 aromatic rings. The molecule has 0 saturated carbocycles. The van der Waals surface area contributed by atoms with E-state index in [2.05, 4.69) is 38.6 Å². The van der Waals surface area contributed by atoms with Gasteiger partial charge < -0.3 is 5.32 Å². The zero-order chi connectivity index (χ0) is 24.2. The van der Waals surface area contributed by atoms with Gasteiger partial charge in [0, 0.05) is 5.69 Å². The zero-order valence-electron chi connectivity index (χ0n) is 20.1. The normalized spacial score (nSPS) is 19.2. The molecule has 8 heteroatoms. The largest absolute Gasteiger partial charge is 0.348 e. The summed E-state index contributed by atoms with van der Waals surface area (Å²) in [6, 6.07) is 14.8. The molecule has 1 N–H and O–H groups in total. The van der Waals surface area contributed by atoms with Crippen LogP contribution in [0.3, 0.4) is 0 Å². The van der Waals surface area contributed by atoms with Crippen LogP contribution >= 0.6 is 11.8 Å². The molecule has 5 rings (SSSR count). The molecule has 0 unspecified atom stereocenters. The van der Waals surface area contributed by atoms with Crippen LogP contribution in [0.4, 0.5) is 4.39 Å². The molecule has 0 spiro atoms. The lowest BCUT2D eigenvalue weighted by Crippen LogP contribution is -2.36. The average Bonchev–Trinajstić information content (AvgIpc) is 3.27. The van der Waals surface area contributed by atoms with Crippen LogP contribution in [0, 0.1) is 5.82 Å². The van der Waals surface area contributed by atoms with Gasteiger partial charge in [-0.05, 0) is 87.5 Å². The predicted molar refractivity (Wildman–Crippen MR) is 136 cm³/mol. The summed E-state index contributed by atoms with van der Waals surface area (Å²) < 4.78 is 15.6. The molecule has 2 heterocycles. The first kappa shape index (κ1) is 24.0. The number of nitrogens with one attached hydrogen (secondary N) is 1. The van der Waals surface area contributed by atoms with Gasteiger partial charge in [-0.25, -0.2) is 4.39 Å². The summed E-state index contributed by atoms with van der Waals surface area (Å²) >= 11 is 1.40. The maximum atomic E-state index is 13.6. The van der Waals surface area contributed by atoms with Crippen molar-refractivity contribution in [2.75, 3.05) is 13.1 Å². The van der Waals surface area contributed by atoms with Gasteiger partial charge in [0.1, 0.15) is 5.82 Å². The number of hydrogen-bond acceptors (Lipinski definition) is 5. The lowest BCUT2D eigenvalue weighted by Gasteiger charge is -2.27. The van der Waals surface area contributed by atoms with Crippen LogP contribution in [0.1, 0.15) is 62.0 Å². The molecule has 1 fully saturated rings. The minimum Gasteiger partial charge on any atom is -0.348 e. The van der Waals surface area contributed by atoms with Crippen LogP contribution in [0.15, 0.2) is 53.7 Å². The lowest BCUT2D eigenvalue weighted by molar-refractivity contribution is -0.121. The lowest BCUT2D eigenvalue weighted by atomic mass is 9.88. The van der Waals surface area contributed by atoms with Crippen LogP contribution < -0.4 is 5.32 Å². The summed E-state index contributed by atoms with van der Waals surface area (Å²) in [4.78, 5) is 15.6. The molecule has 2 aliphatic rings. The molecule has 2 atom stereocenters. The second-order valence-corrected chi connectivity index (χ2v) is 10.8. The number of halogens is 1. The minimum absolute atomic E-state index is 0.0112. The average molecular weight is 494 g/mol. The molecule has 1 aliphatic heterocycles. The van der Waals surface area contributed by atoms with Crippen molar-refractivity contribution >= 4 is 17.7 Å². The Morgan fingerprint density at radius 3 is 2.66 bits per heavy atom. The number of carbonyl (C=O) groups is 1. The van der Waals surface area contributed by atoms with Crippen LogP contribution in [0.2, 0.25) is 0 Å². The van der Waals surface area contributed by atoms with Gasteiger partial charge in [-0.3, -0.25) is 14.3 Å². The summed E-state index contributed by atoms with van der Waals surface area (Å²) in [6.07, 6.45) is 6.73. The smallest absolute Gasteiger partial charge is 0.233 e. The standard InChI is InChI=1S/C27H32FN5OS/c1-19(26(34)29-24-11-7-9-20-8-3-4-10-23(20)24)35-27-31-30-25(18-32-16-5-2-6-17-32)33(27)22-14-12-21(28)13-15-22/h3-4,8,10,12-15,19,24H,2,5-7,9,11,16-18H2,1H3,(H,29,34)/t19-,24+/m0/s1. The van der Waals surface area contributed by atoms with E-state index in [9.17, 15) is 9.18 Å². The summed E-state index contributed by atoms with van der Waals surface area (Å²) in [5, 5.41) is 12.5. The minimum atomic E-state index is -0.352. The van der Waals surface area contributed by atoms with E-state index in [-0.39, 0.29) is 23.0 Å². The van der Waals surface area contributed by atoms with Gasteiger partial charge in [-0.2, -0.15) is 0 Å². The van der Waals surface area contributed by atoms with E-state index >= 15 is 0 Å². The van der Waals surface area contributed by atoms with Crippen LogP contribution in [-0.2, 0) is 17.8 Å². The fourth-order valence-electron chi connectivity index (χ4n) is 5.05. The van der Waals surface area contributed by atoms with Crippen LogP contribution in [0.25, 0.3) is 5.69 Å². The highest BCUT2D eigenvalue weighted by Gasteiger charge is 2.26. The van der Waals surface area contributed by atoms with Crippen LogP contribution in [0.5, 0.6) is 0 Å². The van der Waals surface area contributed by atoms with E-state index in [1.54, 1.807) is 12.1 Å². The highest BCUT2D eigenvalue weighted by Crippen LogP contribution is 2.31. The third kappa shape index (κ3) is 5.59. The summed E-state index contributed by atoms with van der Waals surface area (Å²) in [6.45, 7) is 4.67. The van der Waals surface area contributed by atoms with Crippen molar-refractivity contribution in [3.05, 3.63) is 71.3 Å². The Hall–Kier alpha value is -2.71. The molecule has 184 valence electrons. The maximum absolute atomic E-state index is 13.6. The number of benzene rings is 2. The number of nitrogens with zero attached hydrogens (tertiary/aromatic N) is 4. The molecule has 2 aromatic carbocycles. The van der Waals surface area contributed by atoms with E-state index in [1.165, 1.54) is 54.3 Å². The fraction of sp³-hybridized carbons (Fsp3) is 0.444. The Kier molecular flexibility index (Phi) is 7.48. The van der Waals surface area contributed by atoms with Gasteiger partial charge >= 0.3 is 0 Å². The van der Waals surface area contributed by atoms with Gasteiger partial charge in [0.05, 0.1) is 17.8 Å². The fourth-order valence-corrected chi connectivity index (χ4v) is 5.95. The quantitative estimate of drug-likeness (QED) is 0.466. The van der Waals surface area contributed by atoms with E-state index in [0.29, 0.717) is 11.7 Å². The topological polar surface area (TPSA) is 63.1 Å². The van der Waals surface area contributed by atoms with Crippen molar-refractivity contribution in [2.45, 2.75) is 68.4 Å². The van der Waals surface area contributed by atoms with Crippen molar-refractivity contribution in [3.63, 3.8) is 0 Å². The number of hydrogen-bond donors (Lipinski definition) is 1. The SMILES string of the molecule is C[C@H](Sc1nnc(CN2CCCCC2)n1-c1ccc(F)cc1)C(=O)N[C@@H]1CCCc2ccccc21. The second-order valence-electron chi connectivity index (χ2n) is 9.46. The number of rotatable bonds is 7. The first-order valence-corrected chi connectivity index (χ1v) is 13.4. The Bertz CT molecular complexity index is 1160. The summed E-state index contributed by atoms with van der Waals surface area (Å²) in [5.41, 5.74) is 3.35. The van der Waals surface area contributed by atoms with Gasteiger partial charge in [-0.1, -0.05) is 42.4 Å². The number of aromatic nitrogens is 3. The molecule has 6 nitrogen and oxygen atoms in total. The third-order valence-corrected chi connectivity index (χ3v) is 7.98. The van der Waals surface area contributed by atoms with Crippen molar-refractivity contribution in [1.29, 1.82) is 0 Å². The predicted octanol–water partition coefficient (Wildman–Crippen LogP) is 5.07. The number of carbonyl (C=O) groups excluding carboxylic acids is 1. The van der Waals surface area contributed by atoms with E-state index in [1.807, 2.05) is 17.6 Å². The first-order chi connectivity index (χ1) is 17.1. The maximum Gasteiger partial charge on any atom is 0.233 e. The highest BCUT2D eigenvalue weighted by atomic mass is 32.2. The molecular weight excluding hydrogens is 461 g/mol. The van der Waals surface area contributed by atoms with Gasteiger partial charge in [-0.15, -0.1) is 10.2 Å². The molecular formula is C27H32FN5OS. The Balaban J connectivity index is 1.34. The summed E-state index contributed by atoms with van der Waals surface area (Å²) in [5.74, 6) is 0.520. The third-order valence-electron chi connectivity index (χ3n) is 6.94. The van der Waals surface area contributed by atoms with Gasteiger partial charge in [0.15, 0.2) is 11.0 Å². The Morgan fingerprint density at radius 2 is 1.86 bits per heavy atom. The van der Waals surface area contributed by atoms with E-state index in [4.69, 9.17) is 0 Å². The first-order valence-electron chi connectivity index (χ1n) is 12.6. The number of aryl methyl sites for hydroxylation is 1. The molecule has 1 aliphatic carbocycles. The van der Waals surface area contributed by atoms with Crippen molar-refractivity contribution in [2.24, 2.45) is 0 Å². The van der Waals surface area contributed by atoms with Gasteiger partial charge in [0.2, 0.25) is 5.91 Å². The molecule has 0 bridgehead atoms. The zero-order valence-corrected chi connectivity index (χ0v) is 20.9. The number of fused-ring (bicyclic) bond motifs is 1. The molecule has 35 heavy (non-hydrogen) atoms. The van der Waals surface area contributed by atoms with Crippen molar-refractivity contribution in [3.8, 4) is 5.69 Å². The number of piperidine rings is 1. The number of amides is 1. The Labute approximate surface area is 210 Å². The molecule has 1 saturated heterocycles. The molecule has 1 amide bonds. The van der Waals surface area contributed by atoms with E-state index < -0.39 is 0 Å².